The van der Waals surface area contributed by atoms with E-state index in [1.807, 2.05) is 32.9 Å². The monoisotopic (exact) mass is 329 g/mol. The number of nitrogens with one attached hydrogen (secondary N) is 1. The molecule has 0 amide bonds. The summed E-state index contributed by atoms with van der Waals surface area (Å²) in [6, 6.07) is 5.38. The molecule has 0 aliphatic heterocycles. The van der Waals surface area contributed by atoms with Crippen molar-refractivity contribution < 1.29 is 0 Å². The van der Waals surface area contributed by atoms with E-state index in [4.69, 9.17) is 34.8 Å². The average Bonchev–Trinajstić information content (AvgIpc) is 2.39. The second kappa shape index (κ2) is 6.17. The quantitative estimate of drug-likeness (QED) is 0.743. The lowest BCUT2D eigenvalue weighted by atomic mass is 10.2. The van der Waals surface area contributed by atoms with Gasteiger partial charge in [-0.2, -0.15) is 0 Å². The Kier molecular flexibility index (Phi) is 4.74. The van der Waals surface area contributed by atoms with Crippen molar-refractivity contribution in [1.29, 1.82) is 0 Å². The summed E-state index contributed by atoms with van der Waals surface area (Å²) in [6.45, 7) is 5.88. The number of nitrogens with zero attached hydrogens (tertiary/aromatic N) is 2. The second-order valence-electron chi connectivity index (χ2n) is 4.73. The molecule has 0 radical (unpaired) electrons. The molecule has 0 bridgehead atoms. The van der Waals surface area contributed by atoms with Crippen LogP contribution in [0, 0.1) is 6.92 Å². The van der Waals surface area contributed by atoms with Gasteiger partial charge >= 0.3 is 0 Å². The van der Waals surface area contributed by atoms with Gasteiger partial charge in [-0.05, 0) is 19.1 Å². The number of rotatable bonds is 3. The maximum absolute atomic E-state index is 6.17. The topological polar surface area (TPSA) is 37.8 Å². The second-order valence-corrected chi connectivity index (χ2v) is 5.87. The van der Waals surface area contributed by atoms with Crippen molar-refractivity contribution in [3.8, 4) is 0 Å². The van der Waals surface area contributed by atoms with Crippen LogP contribution in [0.15, 0.2) is 18.2 Å². The fourth-order valence-electron chi connectivity index (χ4n) is 1.61. The van der Waals surface area contributed by atoms with Crippen LogP contribution in [0.25, 0.3) is 0 Å². The van der Waals surface area contributed by atoms with Crippen LogP contribution in [-0.2, 0) is 0 Å². The molecular weight excluding hydrogens is 317 g/mol. The molecule has 0 saturated carbocycles. The van der Waals surface area contributed by atoms with E-state index in [0.29, 0.717) is 32.5 Å². The first-order chi connectivity index (χ1) is 9.40. The van der Waals surface area contributed by atoms with Crippen LogP contribution in [-0.4, -0.2) is 9.97 Å². The van der Waals surface area contributed by atoms with Crippen molar-refractivity contribution in [2.75, 3.05) is 5.32 Å². The van der Waals surface area contributed by atoms with Gasteiger partial charge in [0.05, 0.1) is 15.7 Å². The summed E-state index contributed by atoms with van der Waals surface area (Å²) in [5.41, 5.74) is 1.46. The average molecular weight is 331 g/mol. The predicted octanol–water partition coefficient (Wildman–Crippen LogP) is 5.61. The zero-order chi connectivity index (χ0) is 14.9. The van der Waals surface area contributed by atoms with E-state index in [1.165, 1.54) is 0 Å². The van der Waals surface area contributed by atoms with Crippen molar-refractivity contribution in [3.63, 3.8) is 0 Å². The zero-order valence-electron chi connectivity index (χ0n) is 11.3. The van der Waals surface area contributed by atoms with Crippen LogP contribution in [0.4, 0.5) is 11.5 Å². The van der Waals surface area contributed by atoms with E-state index in [2.05, 4.69) is 15.3 Å². The molecule has 106 valence electrons. The third kappa shape index (κ3) is 3.17. The van der Waals surface area contributed by atoms with Gasteiger partial charge < -0.3 is 5.32 Å². The Labute approximate surface area is 133 Å². The van der Waals surface area contributed by atoms with Gasteiger partial charge in [0.25, 0.3) is 0 Å². The number of hydrogen-bond acceptors (Lipinski definition) is 3. The summed E-state index contributed by atoms with van der Waals surface area (Å²) < 4.78 is 0. The van der Waals surface area contributed by atoms with Crippen LogP contribution in [0.1, 0.15) is 31.2 Å². The molecule has 0 atom stereocenters. The molecule has 3 nitrogen and oxygen atoms in total. The molecule has 1 N–H and O–H groups in total. The molecule has 1 aromatic carbocycles. The molecule has 6 heteroatoms. The number of hydrogen-bond donors (Lipinski definition) is 1. The smallest absolute Gasteiger partial charge is 0.138 e. The predicted molar refractivity (Wildman–Crippen MR) is 85.6 cm³/mol. The minimum Gasteiger partial charge on any atom is -0.339 e. The molecular formula is C14H14Cl3N3. The summed E-state index contributed by atoms with van der Waals surface area (Å²) in [5.74, 6) is 1.50. The first-order valence-corrected chi connectivity index (χ1v) is 7.28. The van der Waals surface area contributed by atoms with E-state index in [-0.39, 0.29) is 5.92 Å². The lowest BCUT2D eigenvalue weighted by Gasteiger charge is -2.14. The van der Waals surface area contributed by atoms with Gasteiger partial charge in [-0.1, -0.05) is 54.7 Å². The Morgan fingerprint density at radius 3 is 2.45 bits per heavy atom. The van der Waals surface area contributed by atoms with E-state index < -0.39 is 0 Å². The highest BCUT2D eigenvalue weighted by Crippen LogP contribution is 2.33. The van der Waals surface area contributed by atoms with Crippen LogP contribution < -0.4 is 5.32 Å². The van der Waals surface area contributed by atoms with Gasteiger partial charge in [-0.15, -0.1) is 0 Å². The first-order valence-electron chi connectivity index (χ1n) is 6.15. The Bertz CT molecular complexity index is 642. The molecule has 0 spiro atoms. The third-order valence-electron chi connectivity index (χ3n) is 2.82. The Morgan fingerprint density at radius 1 is 1.10 bits per heavy atom. The van der Waals surface area contributed by atoms with Gasteiger partial charge in [0.15, 0.2) is 0 Å². The Balaban J connectivity index is 2.45. The summed E-state index contributed by atoms with van der Waals surface area (Å²) in [5, 5.41) is 4.54. The molecule has 20 heavy (non-hydrogen) atoms. The fraction of sp³-hybridized carbons (Fsp3) is 0.286. The van der Waals surface area contributed by atoms with Crippen LogP contribution in [0.2, 0.25) is 15.2 Å². The molecule has 1 heterocycles. The fourth-order valence-corrected chi connectivity index (χ4v) is 2.14. The summed E-state index contributed by atoms with van der Waals surface area (Å²) >= 11 is 18.3. The normalized spacial score (nSPS) is 10.9. The number of halogens is 3. The van der Waals surface area contributed by atoms with Crippen molar-refractivity contribution in [1.82, 2.24) is 9.97 Å². The van der Waals surface area contributed by atoms with Gasteiger partial charge in [0.1, 0.15) is 16.8 Å². The molecule has 0 unspecified atom stereocenters. The number of anilines is 2. The molecule has 1 aromatic heterocycles. The standard InChI is InChI=1S/C14H14Cl3N3/c1-7(2)13-19-12(17)8(3)14(20-13)18-10-6-4-5-9(15)11(10)16/h4-7H,1-3H3,(H,18,19,20). The lowest BCUT2D eigenvalue weighted by Crippen LogP contribution is -2.05. The highest BCUT2D eigenvalue weighted by molar-refractivity contribution is 6.43. The number of benzene rings is 1. The third-order valence-corrected chi connectivity index (χ3v) is 4.01. The molecule has 2 rings (SSSR count). The van der Waals surface area contributed by atoms with E-state index in [9.17, 15) is 0 Å². The van der Waals surface area contributed by atoms with Gasteiger partial charge in [-0.3, -0.25) is 0 Å². The van der Waals surface area contributed by atoms with E-state index >= 15 is 0 Å². The highest BCUT2D eigenvalue weighted by Gasteiger charge is 2.13. The molecule has 2 aromatic rings. The SMILES string of the molecule is Cc1c(Cl)nc(C(C)C)nc1Nc1cccc(Cl)c1Cl. The molecule has 0 aliphatic carbocycles. The zero-order valence-corrected chi connectivity index (χ0v) is 13.6. The molecule has 0 fully saturated rings. The molecule has 0 aliphatic rings. The van der Waals surface area contributed by atoms with Crippen LogP contribution in [0.3, 0.4) is 0 Å². The van der Waals surface area contributed by atoms with Crippen molar-refractivity contribution in [2.24, 2.45) is 0 Å². The first kappa shape index (κ1) is 15.4. The minimum absolute atomic E-state index is 0.184. The Hall–Kier alpha value is -1.03. The van der Waals surface area contributed by atoms with Crippen LogP contribution in [0.5, 0.6) is 0 Å². The van der Waals surface area contributed by atoms with Crippen molar-refractivity contribution in [3.05, 3.63) is 44.8 Å². The maximum atomic E-state index is 6.17. The van der Waals surface area contributed by atoms with E-state index in [1.54, 1.807) is 6.07 Å². The summed E-state index contributed by atoms with van der Waals surface area (Å²) in [7, 11) is 0. The highest BCUT2D eigenvalue weighted by atomic mass is 35.5. The minimum atomic E-state index is 0.184. The van der Waals surface area contributed by atoms with Crippen molar-refractivity contribution >= 4 is 46.3 Å². The maximum Gasteiger partial charge on any atom is 0.138 e. The largest absolute Gasteiger partial charge is 0.339 e. The van der Waals surface area contributed by atoms with Gasteiger partial charge in [0, 0.05) is 11.5 Å². The van der Waals surface area contributed by atoms with Gasteiger partial charge in [0.2, 0.25) is 0 Å². The summed E-state index contributed by atoms with van der Waals surface area (Å²) in [6.07, 6.45) is 0. The summed E-state index contributed by atoms with van der Waals surface area (Å²) in [4.78, 5) is 8.76. The van der Waals surface area contributed by atoms with Crippen molar-refractivity contribution in [2.45, 2.75) is 26.7 Å². The van der Waals surface area contributed by atoms with E-state index in [0.717, 1.165) is 5.56 Å². The lowest BCUT2D eigenvalue weighted by molar-refractivity contribution is 0.773. The number of aromatic nitrogens is 2. The Morgan fingerprint density at radius 2 is 1.80 bits per heavy atom. The molecule has 0 saturated heterocycles. The van der Waals surface area contributed by atoms with Gasteiger partial charge in [-0.25, -0.2) is 9.97 Å². The van der Waals surface area contributed by atoms with Crippen LogP contribution >= 0.6 is 34.8 Å².